The SMILES string of the molecule is O=C1C(=Cc2cccc(Cl)c2)c2cc(F)ccc2N1Cl. The molecular weight excluding hydrogens is 300 g/mol. The quantitative estimate of drug-likeness (QED) is 0.560. The molecule has 5 heteroatoms. The summed E-state index contributed by atoms with van der Waals surface area (Å²) in [7, 11) is 0. The highest BCUT2D eigenvalue weighted by Crippen LogP contribution is 2.39. The van der Waals surface area contributed by atoms with Gasteiger partial charge in [-0.3, -0.25) is 4.79 Å². The van der Waals surface area contributed by atoms with Crippen molar-refractivity contribution in [1.29, 1.82) is 0 Å². The lowest BCUT2D eigenvalue weighted by atomic mass is 10.0. The predicted molar refractivity (Wildman–Crippen MR) is 79.1 cm³/mol. The van der Waals surface area contributed by atoms with Crippen molar-refractivity contribution in [2.24, 2.45) is 0 Å². The van der Waals surface area contributed by atoms with Crippen LogP contribution in [-0.2, 0) is 4.79 Å². The Bertz CT molecular complexity index is 742. The van der Waals surface area contributed by atoms with E-state index in [0.717, 1.165) is 9.98 Å². The highest BCUT2D eigenvalue weighted by atomic mass is 35.5. The minimum absolute atomic E-state index is 0.344. The van der Waals surface area contributed by atoms with Crippen molar-refractivity contribution >= 4 is 46.6 Å². The summed E-state index contributed by atoms with van der Waals surface area (Å²) in [6.45, 7) is 0. The summed E-state index contributed by atoms with van der Waals surface area (Å²) in [4.78, 5) is 12.1. The van der Waals surface area contributed by atoms with Gasteiger partial charge < -0.3 is 0 Å². The summed E-state index contributed by atoms with van der Waals surface area (Å²) < 4.78 is 14.4. The molecule has 2 nitrogen and oxygen atoms in total. The highest BCUT2D eigenvalue weighted by molar-refractivity contribution is 6.50. The van der Waals surface area contributed by atoms with Crippen LogP contribution in [0.25, 0.3) is 11.6 Å². The van der Waals surface area contributed by atoms with Gasteiger partial charge in [0.2, 0.25) is 0 Å². The van der Waals surface area contributed by atoms with Crippen LogP contribution in [0, 0.1) is 5.82 Å². The number of fused-ring (bicyclic) bond motifs is 1. The highest BCUT2D eigenvalue weighted by Gasteiger charge is 2.31. The molecular formula is C15H8Cl2FNO. The molecule has 0 saturated heterocycles. The summed E-state index contributed by atoms with van der Waals surface area (Å²) in [6, 6.07) is 11.1. The molecule has 0 bridgehead atoms. The molecule has 0 aromatic heterocycles. The molecule has 0 spiro atoms. The van der Waals surface area contributed by atoms with E-state index < -0.39 is 5.82 Å². The molecule has 0 unspecified atom stereocenters. The molecule has 0 atom stereocenters. The Hall–Kier alpha value is -1.84. The molecule has 2 aromatic rings. The number of nitrogens with zero attached hydrogens (tertiary/aromatic N) is 1. The Morgan fingerprint density at radius 3 is 2.70 bits per heavy atom. The Labute approximate surface area is 125 Å². The molecule has 0 radical (unpaired) electrons. The molecule has 1 amide bonds. The standard InChI is InChI=1S/C15H8Cl2FNO/c16-10-3-1-2-9(6-10)7-13-12-8-11(18)4-5-14(12)19(17)15(13)20/h1-8H. The van der Waals surface area contributed by atoms with Crippen molar-refractivity contribution in [1.82, 2.24) is 0 Å². The zero-order valence-corrected chi connectivity index (χ0v) is 11.6. The third-order valence-corrected chi connectivity index (χ3v) is 3.60. The third kappa shape index (κ3) is 2.19. The van der Waals surface area contributed by atoms with Crippen LogP contribution in [0.15, 0.2) is 42.5 Å². The van der Waals surface area contributed by atoms with E-state index in [1.807, 2.05) is 6.07 Å². The third-order valence-electron chi connectivity index (χ3n) is 3.03. The molecule has 1 aliphatic heterocycles. The number of carbonyl (C=O) groups excluding carboxylic acids is 1. The number of anilines is 1. The summed E-state index contributed by atoms with van der Waals surface area (Å²) in [5.74, 6) is -0.798. The number of hydrogen-bond acceptors (Lipinski definition) is 1. The lowest BCUT2D eigenvalue weighted by molar-refractivity contribution is -0.111. The lowest BCUT2D eigenvalue weighted by Gasteiger charge is -2.04. The second-order valence-electron chi connectivity index (χ2n) is 4.36. The van der Waals surface area contributed by atoms with Crippen molar-refractivity contribution in [3.05, 3.63) is 64.4 Å². The van der Waals surface area contributed by atoms with Crippen molar-refractivity contribution in [2.75, 3.05) is 4.42 Å². The van der Waals surface area contributed by atoms with Crippen LogP contribution in [0.1, 0.15) is 11.1 Å². The Balaban J connectivity index is 2.15. The monoisotopic (exact) mass is 307 g/mol. The van der Waals surface area contributed by atoms with Gasteiger partial charge in [-0.25, -0.2) is 8.81 Å². The molecule has 100 valence electrons. The van der Waals surface area contributed by atoms with Gasteiger partial charge in [0.25, 0.3) is 5.91 Å². The van der Waals surface area contributed by atoms with E-state index in [9.17, 15) is 9.18 Å². The maximum atomic E-state index is 13.4. The van der Waals surface area contributed by atoms with Gasteiger partial charge in [0.05, 0.1) is 11.3 Å². The second-order valence-corrected chi connectivity index (χ2v) is 5.13. The second kappa shape index (κ2) is 4.93. The van der Waals surface area contributed by atoms with E-state index in [4.69, 9.17) is 23.4 Å². The van der Waals surface area contributed by atoms with Crippen molar-refractivity contribution < 1.29 is 9.18 Å². The number of halogens is 3. The number of amides is 1. The fourth-order valence-electron chi connectivity index (χ4n) is 2.13. The van der Waals surface area contributed by atoms with Crippen molar-refractivity contribution in [3.8, 4) is 0 Å². The van der Waals surface area contributed by atoms with Crippen LogP contribution in [0.3, 0.4) is 0 Å². The predicted octanol–water partition coefficient (Wildman–Crippen LogP) is 4.52. The molecule has 3 rings (SSSR count). The van der Waals surface area contributed by atoms with E-state index in [-0.39, 0.29) is 5.91 Å². The van der Waals surface area contributed by atoms with Gasteiger partial charge in [-0.2, -0.15) is 0 Å². The number of hydrogen-bond donors (Lipinski definition) is 0. The molecule has 0 fully saturated rings. The van der Waals surface area contributed by atoms with Crippen LogP contribution < -0.4 is 4.42 Å². The fraction of sp³-hybridized carbons (Fsp3) is 0. The van der Waals surface area contributed by atoms with Gasteiger partial charge in [0.1, 0.15) is 5.82 Å². The van der Waals surface area contributed by atoms with Crippen LogP contribution in [0.5, 0.6) is 0 Å². The Kier molecular flexibility index (Phi) is 3.24. The molecule has 1 heterocycles. The minimum atomic E-state index is -0.416. The maximum Gasteiger partial charge on any atom is 0.273 e. The first-order chi connectivity index (χ1) is 9.56. The van der Waals surface area contributed by atoms with Crippen LogP contribution in [0.4, 0.5) is 10.1 Å². The molecule has 0 N–H and O–H groups in total. The van der Waals surface area contributed by atoms with Gasteiger partial charge in [0.15, 0.2) is 0 Å². The maximum absolute atomic E-state index is 13.4. The largest absolute Gasteiger partial charge is 0.273 e. The summed E-state index contributed by atoms with van der Waals surface area (Å²) >= 11 is 11.8. The van der Waals surface area contributed by atoms with Gasteiger partial charge in [-0.05, 0) is 42.0 Å². The van der Waals surface area contributed by atoms with Crippen LogP contribution in [-0.4, -0.2) is 5.91 Å². The molecule has 1 aliphatic rings. The average molecular weight is 308 g/mol. The van der Waals surface area contributed by atoms with E-state index in [1.165, 1.54) is 18.2 Å². The van der Waals surface area contributed by atoms with Crippen molar-refractivity contribution in [3.63, 3.8) is 0 Å². The van der Waals surface area contributed by atoms with Gasteiger partial charge in [-0.1, -0.05) is 23.7 Å². The normalized spacial score (nSPS) is 15.8. The lowest BCUT2D eigenvalue weighted by Crippen LogP contribution is -2.13. The summed E-state index contributed by atoms with van der Waals surface area (Å²) in [5.41, 5.74) is 2.05. The van der Waals surface area contributed by atoms with Gasteiger partial charge >= 0.3 is 0 Å². The van der Waals surface area contributed by atoms with E-state index in [1.54, 1.807) is 24.3 Å². The topological polar surface area (TPSA) is 20.3 Å². The minimum Gasteiger partial charge on any atom is -0.267 e. The van der Waals surface area contributed by atoms with Crippen LogP contribution in [0.2, 0.25) is 5.02 Å². The first-order valence-electron chi connectivity index (χ1n) is 5.84. The Morgan fingerprint density at radius 1 is 1.15 bits per heavy atom. The van der Waals surface area contributed by atoms with Gasteiger partial charge in [-0.15, -0.1) is 0 Å². The van der Waals surface area contributed by atoms with E-state index in [2.05, 4.69) is 0 Å². The molecule has 0 saturated carbocycles. The van der Waals surface area contributed by atoms with E-state index in [0.29, 0.717) is 21.8 Å². The number of benzene rings is 2. The molecule has 2 aromatic carbocycles. The Morgan fingerprint density at radius 2 is 1.95 bits per heavy atom. The molecule has 20 heavy (non-hydrogen) atoms. The number of rotatable bonds is 1. The fourth-order valence-corrected chi connectivity index (χ4v) is 2.57. The van der Waals surface area contributed by atoms with Gasteiger partial charge in [0, 0.05) is 22.4 Å². The summed E-state index contributed by atoms with van der Waals surface area (Å²) in [5, 5.41) is 0.562. The zero-order valence-electron chi connectivity index (χ0n) is 10.1. The number of carbonyl (C=O) groups is 1. The van der Waals surface area contributed by atoms with Crippen LogP contribution >= 0.6 is 23.4 Å². The first kappa shape index (κ1) is 13.2. The van der Waals surface area contributed by atoms with Crippen molar-refractivity contribution in [2.45, 2.75) is 0 Å². The smallest absolute Gasteiger partial charge is 0.267 e. The first-order valence-corrected chi connectivity index (χ1v) is 6.55. The molecule has 0 aliphatic carbocycles. The summed E-state index contributed by atoms with van der Waals surface area (Å²) in [6.07, 6.45) is 1.65. The average Bonchev–Trinajstić information content (AvgIpc) is 2.64. The zero-order chi connectivity index (χ0) is 14.3. The van der Waals surface area contributed by atoms with E-state index >= 15 is 0 Å².